The summed E-state index contributed by atoms with van der Waals surface area (Å²) in [5, 5.41) is 35.1. The van der Waals surface area contributed by atoms with Gasteiger partial charge in [0, 0.05) is 29.7 Å². The molecule has 3 aliphatic heterocycles. The van der Waals surface area contributed by atoms with Crippen LogP contribution in [0.3, 0.4) is 0 Å². The van der Waals surface area contributed by atoms with Crippen molar-refractivity contribution in [1.82, 2.24) is 0 Å². The first kappa shape index (κ1) is 25.4. The van der Waals surface area contributed by atoms with Gasteiger partial charge in [-0.15, -0.1) is 0 Å². The molecule has 1 aromatic rings. The number of aliphatic hydroxyl groups is 3. The van der Waals surface area contributed by atoms with E-state index in [9.17, 15) is 20.1 Å². The summed E-state index contributed by atoms with van der Waals surface area (Å²) in [6.45, 7) is 11.9. The minimum atomic E-state index is -1.80. The van der Waals surface area contributed by atoms with Crippen molar-refractivity contribution < 1.29 is 34.3 Å². The van der Waals surface area contributed by atoms with E-state index in [1.54, 1.807) is 6.08 Å². The van der Waals surface area contributed by atoms with Crippen LogP contribution in [0.5, 0.6) is 0 Å². The number of hydrogen-bond donors (Lipinski definition) is 3. The van der Waals surface area contributed by atoms with Crippen LogP contribution < -0.4 is 0 Å². The molecule has 194 valence electrons. The molecule has 4 bridgehead atoms. The first-order valence-corrected chi connectivity index (χ1v) is 12.7. The molecule has 0 radical (unpaired) electrons. The summed E-state index contributed by atoms with van der Waals surface area (Å²) in [7, 11) is 0. The molecule has 3 saturated heterocycles. The van der Waals surface area contributed by atoms with Gasteiger partial charge < -0.3 is 29.5 Å². The van der Waals surface area contributed by atoms with Gasteiger partial charge in [0.2, 0.25) is 5.79 Å². The van der Waals surface area contributed by atoms with E-state index in [4.69, 9.17) is 14.2 Å². The molecule has 7 heteroatoms. The van der Waals surface area contributed by atoms with E-state index in [1.165, 1.54) is 6.08 Å². The smallest absolute Gasteiger partial charge is 0.331 e. The maximum atomic E-state index is 12.6. The number of benzene rings is 1. The van der Waals surface area contributed by atoms with Gasteiger partial charge in [-0.05, 0) is 49.5 Å². The van der Waals surface area contributed by atoms with Crippen LogP contribution in [0.2, 0.25) is 0 Å². The van der Waals surface area contributed by atoms with Crippen molar-refractivity contribution in [3.05, 3.63) is 65.3 Å². The fourth-order valence-electron chi connectivity index (χ4n) is 6.93. The number of fused-ring (bicyclic) bond motifs is 7. The Kier molecular flexibility index (Phi) is 6.09. The summed E-state index contributed by atoms with van der Waals surface area (Å²) in [6.07, 6.45) is 0.480. The first-order valence-electron chi connectivity index (χ1n) is 12.7. The molecule has 0 aromatic heterocycles. The largest absolute Gasteiger partial charge is 0.455 e. The zero-order valence-corrected chi connectivity index (χ0v) is 21.3. The Morgan fingerprint density at radius 3 is 2.56 bits per heavy atom. The molecule has 0 spiro atoms. The Bertz CT molecular complexity index is 1120. The topological polar surface area (TPSA) is 105 Å². The zero-order valence-electron chi connectivity index (χ0n) is 21.3. The number of rotatable bonds is 3. The lowest BCUT2D eigenvalue weighted by Crippen LogP contribution is -2.70. The average Bonchev–Trinajstić information content (AvgIpc) is 3.03. The van der Waals surface area contributed by atoms with Gasteiger partial charge in [-0.25, -0.2) is 4.79 Å². The lowest BCUT2D eigenvalue weighted by molar-refractivity contribution is -0.373. The summed E-state index contributed by atoms with van der Waals surface area (Å²) < 4.78 is 18.2. The molecule has 1 saturated carbocycles. The van der Waals surface area contributed by atoms with Gasteiger partial charge >= 0.3 is 5.97 Å². The van der Waals surface area contributed by atoms with Gasteiger partial charge in [0.25, 0.3) is 0 Å². The molecule has 3 heterocycles. The number of aliphatic hydroxyl groups excluding tert-OH is 1. The van der Waals surface area contributed by atoms with Crippen molar-refractivity contribution in [2.75, 3.05) is 0 Å². The van der Waals surface area contributed by atoms with Crippen molar-refractivity contribution >= 4 is 12.0 Å². The number of carbonyl (C=O) groups excluding carboxylic acids is 1. The third-order valence-corrected chi connectivity index (χ3v) is 8.94. The van der Waals surface area contributed by atoms with Crippen molar-refractivity contribution in [2.45, 2.75) is 82.9 Å². The molecule has 1 aromatic carbocycles. The monoisotopic (exact) mass is 496 g/mol. The van der Waals surface area contributed by atoms with E-state index in [0.717, 1.165) is 16.7 Å². The minimum absolute atomic E-state index is 0.00898. The van der Waals surface area contributed by atoms with Gasteiger partial charge in [0.15, 0.2) is 5.79 Å². The molecule has 36 heavy (non-hydrogen) atoms. The predicted molar refractivity (Wildman–Crippen MR) is 133 cm³/mol. The quantitative estimate of drug-likeness (QED) is 0.334. The van der Waals surface area contributed by atoms with E-state index in [2.05, 4.69) is 6.58 Å². The summed E-state index contributed by atoms with van der Waals surface area (Å²) in [5.74, 6) is -4.83. The summed E-state index contributed by atoms with van der Waals surface area (Å²) in [5.41, 5.74) is 2.22. The normalized spacial score (nSPS) is 43.8. The summed E-state index contributed by atoms with van der Waals surface area (Å²) in [4.78, 5) is 12.6. The molecule has 5 rings (SSSR count). The number of allylic oxidation sites excluding steroid dienone is 1. The lowest BCUT2D eigenvalue weighted by atomic mass is 9.54. The Balaban J connectivity index is 1.44. The number of esters is 1. The molecule has 0 amide bonds. The van der Waals surface area contributed by atoms with Crippen LogP contribution in [0, 0.1) is 17.3 Å². The van der Waals surface area contributed by atoms with Crippen molar-refractivity contribution in [1.29, 1.82) is 0 Å². The number of hydrogen-bond acceptors (Lipinski definition) is 7. The van der Waals surface area contributed by atoms with E-state index in [1.807, 2.05) is 58.0 Å². The van der Waals surface area contributed by atoms with E-state index in [0.29, 0.717) is 18.4 Å². The van der Waals surface area contributed by atoms with Crippen LogP contribution >= 0.6 is 0 Å². The van der Waals surface area contributed by atoms with Gasteiger partial charge in [-0.3, -0.25) is 0 Å². The van der Waals surface area contributed by atoms with Crippen LogP contribution in [-0.2, 0) is 19.0 Å². The number of ether oxygens (including phenoxy) is 3. The van der Waals surface area contributed by atoms with E-state index < -0.39 is 53.3 Å². The molecule has 0 unspecified atom stereocenters. The van der Waals surface area contributed by atoms with Crippen LogP contribution in [0.25, 0.3) is 6.08 Å². The third kappa shape index (κ3) is 3.63. The Morgan fingerprint density at radius 2 is 1.89 bits per heavy atom. The predicted octanol–water partition coefficient (Wildman–Crippen LogP) is 3.50. The van der Waals surface area contributed by atoms with Crippen LogP contribution in [0.1, 0.15) is 52.5 Å². The van der Waals surface area contributed by atoms with Gasteiger partial charge in [0.1, 0.15) is 12.2 Å². The second-order valence-electron chi connectivity index (χ2n) is 11.2. The molecular formula is C29H36O7. The molecule has 9 atom stereocenters. The Morgan fingerprint density at radius 1 is 1.19 bits per heavy atom. The van der Waals surface area contributed by atoms with Crippen molar-refractivity contribution in [2.24, 2.45) is 17.3 Å². The standard InChI is InChI=1S/C29H36O7/c1-16(2)23-18(4)28(32)15-21-25(31)24-17(3)20(34-22(30)12-11-19-9-7-6-8-10-19)13-14-27(24,5)29(33,35-21)26(23)36-28/h6-12,18,20-21,24-26,31-33H,3,13-15H2,1-2,4-5H3/b12-11+/t18-,20+,21+,24+,25-,26-,27-,28-,29+/m1/s1. The van der Waals surface area contributed by atoms with Crippen LogP contribution in [0.15, 0.2) is 59.7 Å². The maximum Gasteiger partial charge on any atom is 0.331 e. The van der Waals surface area contributed by atoms with Gasteiger partial charge in [-0.2, -0.15) is 0 Å². The van der Waals surface area contributed by atoms with Crippen molar-refractivity contribution in [3.63, 3.8) is 0 Å². The highest BCUT2D eigenvalue weighted by Gasteiger charge is 2.73. The molecule has 3 N–H and O–H groups in total. The highest BCUT2D eigenvalue weighted by molar-refractivity contribution is 5.87. The third-order valence-electron chi connectivity index (χ3n) is 8.94. The summed E-state index contributed by atoms with van der Waals surface area (Å²) >= 11 is 0. The second kappa shape index (κ2) is 8.64. The second-order valence-corrected chi connectivity index (χ2v) is 11.2. The molecular weight excluding hydrogens is 460 g/mol. The zero-order chi connectivity index (χ0) is 26.0. The van der Waals surface area contributed by atoms with Gasteiger partial charge in [0.05, 0.1) is 12.2 Å². The fraction of sp³-hybridized carbons (Fsp3) is 0.552. The minimum Gasteiger partial charge on any atom is -0.455 e. The summed E-state index contributed by atoms with van der Waals surface area (Å²) in [6, 6.07) is 9.46. The average molecular weight is 497 g/mol. The fourth-order valence-corrected chi connectivity index (χ4v) is 6.93. The van der Waals surface area contributed by atoms with Crippen LogP contribution in [0.4, 0.5) is 0 Å². The van der Waals surface area contributed by atoms with Gasteiger partial charge in [-0.1, -0.05) is 56.3 Å². The number of carbonyl (C=O) groups is 1. The van der Waals surface area contributed by atoms with E-state index >= 15 is 0 Å². The van der Waals surface area contributed by atoms with Crippen molar-refractivity contribution in [3.8, 4) is 0 Å². The Hall–Kier alpha value is -2.29. The lowest BCUT2D eigenvalue weighted by Gasteiger charge is -2.60. The molecule has 4 fully saturated rings. The van der Waals surface area contributed by atoms with E-state index in [-0.39, 0.29) is 12.3 Å². The first-order chi connectivity index (χ1) is 16.9. The highest BCUT2D eigenvalue weighted by atomic mass is 16.7. The molecule has 1 aliphatic carbocycles. The Labute approximate surface area is 212 Å². The maximum absolute atomic E-state index is 12.6. The molecule has 4 aliphatic rings. The molecule has 7 nitrogen and oxygen atoms in total. The highest BCUT2D eigenvalue weighted by Crippen LogP contribution is 2.64. The van der Waals surface area contributed by atoms with Crippen LogP contribution in [-0.4, -0.2) is 57.3 Å². The SMILES string of the molecule is C=C1[C@@H](OC(=O)/C=C/c2ccccc2)CC[C@]2(C)[C@@H]1[C@H](O)[C@@H]1C[C@@]3(O)O[C@H](C(=C(C)C)[C@H]3C)[C@]2(O)O1.